The van der Waals surface area contributed by atoms with Crippen LogP contribution in [0.1, 0.15) is 20.8 Å². The molecule has 0 radical (unpaired) electrons. The Morgan fingerprint density at radius 2 is 2.31 bits per heavy atom. The molecule has 4 heteroatoms. The Balaban J connectivity index is 2.58. The average molecular weight is 182 g/mol. The molecule has 0 atom stereocenters. The van der Waals surface area contributed by atoms with Crippen molar-refractivity contribution < 1.29 is 9.53 Å². The second-order valence-corrected chi connectivity index (χ2v) is 3.78. The molecule has 0 bridgehead atoms. The largest absolute Gasteiger partial charge is 0.456 e. The van der Waals surface area contributed by atoms with Gasteiger partial charge in [0, 0.05) is 12.4 Å². The molecule has 1 heterocycles. The van der Waals surface area contributed by atoms with Gasteiger partial charge in [0.25, 0.3) is 0 Å². The fourth-order valence-electron chi connectivity index (χ4n) is 0.838. The summed E-state index contributed by atoms with van der Waals surface area (Å²) >= 11 is 0. The van der Waals surface area contributed by atoms with Crippen LogP contribution in [-0.4, -0.2) is 24.5 Å². The van der Waals surface area contributed by atoms with Gasteiger partial charge in [-0.3, -0.25) is 4.99 Å². The van der Waals surface area contributed by atoms with Crippen molar-refractivity contribution in [3.05, 3.63) is 11.8 Å². The highest BCUT2D eigenvalue weighted by molar-refractivity contribution is 6.09. The van der Waals surface area contributed by atoms with E-state index in [0.29, 0.717) is 12.2 Å². The van der Waals surface area contributed by atoms with Crippen LogP contribution >= 0.6 is 0 Å². The van der Waals surface area contributed by atoms with Crippen molar-refractivity contribution in [2.75, 3.05) is 6.67 Å². The molecule has 0 saturated heterocycles. The topological polar surface area (TPSA) is 50.7 Å². The van der Waals surface area contributed by atoms with Crippen LogP contribution in [0.25, 0.3) is 0 Å². The summed E-state index contributed by atoms with van der Waals surface area (Å²) in [5.41, 5.74) is 0.00427. The number of aliphatic imine (C=N–C) groups is 1. The van der Waals surface area contributed by atoms with E-state index in [9.17, 15) is 4.79 Å². The summed E-state index contributed by atoms with van der Waals surface area (Å²) < 4.78 is 5.14. The maximum atomic E-state index is 11.4. The summed E-state index contributed by atoms with van der Waals surface area (Å²) in [5, 5.41) is 2.84. The minimum Gasteiger partial charge on any atom is -0.456 e. The van der Waals surface area contributed by atoms with Gasteiger partial charge in [-0.05, 0) is 20.8 Å². The van der Waals surface area contributed by atoms with Gasteiger partial charge < -0.3 is 10.1 Å². The molecular weight excluding hydrogens is 168 g/mol. The van der Waals surface area contributed by atoms with Gasteiger partial charge >= 0.3 is 5.97 Å². The first kappa shape index (κ1) is 9.77. The Labute approximate surface area is 77.7 Å². The third-order valence-electron chi connectivity index (χ3n) is 1.31. The molecule has 0 spiro atoms. The second-order valence-electron chi connectivity index (χ2n) is 3.78. The SMILES string of the molecule is CC(C)(C)OC(=O)C1=CNCN=C1. The minimum absolute atomic E-state index is 0.344. The normalized spacial score (nSPS) is 16.1. The summed E-state index contributed by atoms with van der Waals surface area (Å²) in [5.74, 6) is -0.344. The van der Waals surface area contributed by atoms with Crippen LogP contribution in [0.15, 0.2) is 16.8 Å². The number of hydrogen-bond acceptors (Lipinski definition) is 4. The lowest BCUT2D eigenvalue weighted by molar-refractivity contribution is -0.149. The molecule has 4 nitrogen and oxygen atoms in total. The summed E-state index contributed by atoms with van der Waals surface area (Å²) in [4.78, 5) is 15.3. The van der Waals surface area contributed by atoms with Crippen molar-refractivity contribution in [3.63, 3.8) is 0 Å². The lowest BCUT2D eigenvalue weighted by Gasteiger charge is -2.20. The van der Waals surface area contributed by atoms with E-state index in [-0.39, 0.29) is 5.97 Å². The van der Waals surface area contributed by atoms with E-state index in [1.54, 1.807) is 6.20 Å². The first-order chi connectivity index (χ1) is 5.99. The molecule has 1 aliphatic heterocycles. The smallest absolute Gasteiger partial charge is 0.341 e. The highest BCUT2D eigenvalue weighted by Crippen LogP contribution is 2.10. The Morgan fingerprint density at radius 3 is 2.77 bits per heavy atom. The zero-order chi connectivity index (χ0) is 9.90. The molecule has 0 fully saturated rings. The molecular formula is C9H14N2O2. The molecule has 1 rings (SSSR count). The fraction of sp³-hybridized carbons (Fsp3) is 0.556. The zero-order valence-electron chi connectivity index (χ0n) is 8.13. The summed E-state index contributed by atoms with van der Waals surface area (Å²) in [6, 6.07) is 0. The molecule has 72 valence electrons. The number of carbonyl (C=O) groups excluding carboxylic acids is 1. The number of esters is 1. The van der Waals surface area contributed by atoms with Gasteiger partial charge in [-0.1, -0.05) is 0 Å². The van der Waals surface area contributed by atoms with Gasteiger partial charge in [-0.15, -0.1) is 0 Å². The number of carbonyl (C=O) groups is 1. The van der Waals surface area contributed by atoms with Gasteiger partial charge in [-0.2, -0.15) is 0 Å². The number of rotatable bonds is 1. The van der Waals surface area contributed by atoms with E-state index in [1.165, 1.54) is 6.21 Å². The standard InChI is InChI=1S/C9H14N2O2/c1-9(2,3)13-8(12)7-4-10-6-11-5-7/h4-5,10H,6H2,1-3H3. The van der Waals surface area contributed by atoms with Crippen LogP contribution in [0.4, 0.5) is 0 Å². The Hall–Kier alpha value is -1.32. The summed E-state index contributed by atoms with van der Waals surface area (Å²) in [6.45, 7) is 6.02. The van der Waals surface area contributed by atoms with Gasteiger partial charge in [0.2, 0.25) is 0 Å². The summed E-state index contributed by atoms with van der Waals surface area (Å²) in [6.07, 6.45) is 3.13. The Morgan fingerprint density at radius 1 is 1.62 bits per heavy atom. The van der Waals surface area contributed by atoms with Gasteiger partial charge in [-0.25, -0.2) is 4.79 Å². The van der Waals surface area contributed by atoms with Gasteiger partial charge in [0.1, 0.15) is 12.3 Å². The number of nitrogens with zero attached hydrogens (tertiary/aromatic N) is 1. The van der Waals surface area contributed by atoms with Crippen molar-refractivity contribution >= 4 is 12.2 Å². The maximum absolute atomic E-state index is 11.4. The van der Waals surface area contributed by atoms with Crippen LogP contribution in [-0.2, 0) is 9.53 Å². The Bertz CT molecular complexity index is 261. The van der Waals surface area contributed by atoms with Crippen LogP contribution < -0.4 is 5.32 Å². The lowest BCUT2D eigenvalue weighted by Crippen LogP contribution is -2.27. The summed E-state index contributed by atoms with van der Waals surface area (Å²) in [7, 11) is 0. The van der Waals surface area contributed by atoms with E-state index in [2.05, 4.69) is 10.3 Å². The first-order valence-electron chi connectivity index (χ1n) is 4.16. The predicted molar refractivity (Wildman–Crippen MR) is 50.4 cm³/mol. The number of nitrogens with one attached hydrogen (secondary N) is 1. The number of ether oxygens (including phenoxy) is 1. The molecule has 1 N–H and O–H groups in total. The average Bonchev–Trinajstić information content (AvgIpc) is 2.03. The van der Waals surface area contributed by atoms with Crippen molar-refractivity contribution in [1.82, 2.24) is 5.32 Å². The van der Waals surface area contributed by atoms with Crippen molar-refractivity contribution in [2.45, 2.75) is 26.4 Å². The van der Waals surface area contributed by atoms with Crippen LogP contribution in [0.5, 0.6) is 0 Å². The first-order valence-corrected chi connectivity index (χ1v) is 4.16. The quantitative estimate of drug-likeness (QED) is 0.611. The van der Waals surface area contributed by atoms with Gasteiger partial charge in [0.05, 0.1) is 5.57 Å². The lowest BCUT2D eigenvalue weighted by atomic mass is 10.2. The van der Waals surface area contributed by atoms with Crippen LogP contribution in [0, 0.1) is 0 Å². The predicted octanol–water partition coefficient (Wildman–Crippen LogP) is 0.843. The molecule has 0 aromatic heterocycles. The van der Waals surface area contributed by atoms with E-state index in [4.69, 9.17) is 4.74 Å². The highest BCUT2D eigenvalue weighted by Gasteiger charge is 2.19. The fourth-order valence-corrected chi connectivity index (χ4v) is 0.838. The molecule has 0 aromatic carbocycles. The van der Waals surface area contributed by atoms with E-state index in [0.717, 1.165) is 0 Å². The monoisotopic (exact) mass is 182 g/mol. The molecule has 13 heavy (non-hydrogen) atoms. The molecule has 0 amide bonds. The van der Waals surface area contributed by atoms with Crippen molar-refractivity contribution in [1.29, 1.82) is 0 Å². The molecule has 0 aromatic rings. The van der Waals surface area contributed by atoms with Crippen LogP contribution in [0.2, 0.25) is 0 Å². The molecule has 1 aliphatic rings. The van der Waals surface area contributed by atoms with Gasteiger partial charge in [0.15, 0.2) is 0 Å². The molecule has 0 saturated carbocycles. The van der Waals surface area contributed by atoms with Crippen molar-refractivity contribution in [2.24, 2.45) is 4.99 Å². The second kappa shape index (κ2) is 3.60. The highest BCUT2D eigenvalue weighted by atomic mass is 16.6. The van der Waals surface area contributed by atoms with Crippen molar-refractivity contribution in [3.8, 4) is 0 Å². The van der Waals surface area contributed by atoms with Crippen LogP contribution in [0.3, 0.4) is 0 Å². The zero-order valence-corrected chi connectivity index (χ0v) is 8.13. The minimum atomic E-state index is -0.455. The Kier molecular flexibility index (Phi) is 2.70. The third kappa shape index (κ3) is 3.27. The van der Waals surface area contributed by atoms with E-state index in [1.807, 2.05) is 20.8 Å². The van der Waals surface area contributed by atoms with E-state index < -0.39 is 5.60 Å². The number of hydrogen-bond donors (Lipinski definition) is 1. The molecule has 0 aliphatic carbocycles. The molecule has 0 unspecified atom stereocenters. The third-order valence-corrected chi connectivity index (χ3v) is 1.31. The van der Waals surface area contributed by atoms with E-state index >= 15 is 0 Å². The maximum Gasteiger partial charge on any atom is 0.341 e.